The summed E-state index contributed by atoms with van der Waals surface area (Å²) in [6.45, 7) is 5.20. The van der Waals surface area contributed by atoms with Crippen LogP contribution in [-0.2, 0) is 11.0 Å². The van der Waals surface area contributed by atoms with Gasteiger partial charge in [0, 0.05) is 6.54 Å². The van der Waals surface area contributed by atoms with Gasteiger partial charge in [0.1, 0.15) is 18.9 Å². The van der Waals surface area contributed by atoms with Crippen molar-refractivity contribution in [1.82, 2.24) is 4.90 Å². The number of carbonyl (C=O) groups excluding carboxylic acids is 2. The zero-order valence-electron chi connectivity index (χ0n) is 15.8. The van der Waals surface area contributed by atoms with Crippen molar-refractivity contribution >= 4 is 17.5 Å². The van der Waals surface area contributed by atoms with Crippen LogP contribution in [0.1, 0.15) is 22.8 Å². The zero-order valence-corrected chi connectivity index (χ0v) is 15.8. The van der Waals surface area contributed by atoms with Crippen molar-refractivity contribution in [3.05, 3.63) is 72.3 Å². The molecule has 0 aromatic heterocycles. The molecular formula is C21H21F3N2O3. The van der Waals surface area contributed by atoms with Crippen molar-refractivity contribution in [2.45, 2.75) is 13.1 Å². The summed E-state index contributed by atoms with van der Waals surface area (Å²) in [6, 6.07) is 11.2. The van der Waals surface area contributed by atoms with Crippen LogP contribution < -0.4 is 10.1 Å². The molecule has 0 aliphatic rings. The third-order valence-corrected chi connectivity index (χ3v) is 3.98. The van der Waals surface area contributed by atoms with Crippen LogP contribution in [0.4, 0.5) is 18.9 Å². The average Bonchev–Trinajstić information content (AvgIpc) is 2.69. The normalized spacial score (nSPS) is 10.9. The lowest BCUT2D eigenvalue weighted by Gasteiger charge is -2.22. The number of hydrogen-bond donors (Lipinski definition) is 1. The molecule has 0 radical (unpaired) electrons. The van der Waals surface area contributed by atoms with Gasteiger partial charge in [0.05, 0.1) is 16.8 Å². The predicted octanol–water partition coefficient (Wildman–Crippen LogP) is 4.37. The molecule has 0 heterocycles. The highest BCUT2D eigenvalue weighted by molar-refractivity contribution is 6.01. The molecule has 0 aliphatic heterocycles. The van der Waals surface area contributed by atoms with E-state index < -0.39 is 30.1 Å². The van der Waals surface area contributed by atoms with E-state index in [2.05, 4.69) is 11.9 Å². The van der Waals surface area contributed by atoms with Gasteiger partial charge in [-0.1, -0.05) is 36.9 Å². The lowest BCUT2D eigenvalue weighted by molar-refractivity contribution is -0.137. The van der Waals surface area contributed by atoms with Gasteiger partial charge in [-0.25, -0.2) is 0 Å². The van der Waals surface area contributed by atoms with Crippen LogP contribution in [0.25, 0.3) is 0 Å². The van der Waals surface area contributed by atoms with Gasteiger partial charge in [-0.2, -0.15) is 13.2 Å². The molecule has 0 saturated heterocycles. The number of halogens is 3. The Balaban J connectivity index is 2.16. The van der Waals surface area contributed by atoms with Gasteiger partial charge in [-0.05, 0) is 31.2 Å². The number of para-hydroxylation sites is 2. The van der Waals surface area contributed by atoms with E-state index in [0.717, 1.165) is 12.1 Å². The topological polar surface area (TPSA) is 58.6 Å². The summed E-state index contributed by atoms with van der Waals surface area (Å²) >= 11 is 0. The molecule has 0 aliphatic carbocycles. The van der Waals surface area contributed by atoms with Crippen LogP contribution in [0.2, 0.25) is 0 Å². The Morgan fingerprint density at radius 1 is 1.14 bits per heavy atom. The number of carbonyl (C=O) groups is 2. The minimum absolute atomic E-state index is 0.183. The Labute approximate surface area is 166 Å². The number of ether oxygens (including phenoxy) is 1. The van der Waals surface area contributed by atoms with Crippen LogP contribution in [0.15, 0.2) is 61.2 Å². The second-order valence-electron chi connectivity index (χ2n) is 6.01. The molecule has 0 bridgehead atoms. The second-order valence-corrected chi connectivity index (χ2v) is 6.01. The van der Waals surface area contributed by atoms with Crippen LogP contribution in [-0.4, -0.2) is 36.4 Å². The number of anilines is 1. The molecule has 154 valence electrons. The fourth-order valence-electron chi connectivity index (χ4n) is 2.62. The summed E-state index contributed by atoms with van der Waals surface area (Å²) in [5.74, 6) is -0.869. The maximum Gasteiger partial charge on any atom is 0.418 e. The first-order valence-corrected chi connectivity index (χ1v) is 8.86. The average molecular weight is 406 g/mol. The maximum absolute atomic E-state index is 13.1. The number of likely N-dealkylation sites (N-methyl/N-ethyl adjacent to an activating group) is 1. The van der Waals surface area contributed by atoms with Gasteiger partial charge in [0.25, 0.3) is 5.91 Å². The van der Waals surface area contributed by atoms with E-state index in [4.69, 9.17) is 4.74 Å². The van der Waals surface area contributed by atoms with Gasteiger partial charge in [-0.15, -0.1) is 0 Å². The highest BCUT2D eigenvalue weighted by Gasteiger charge is 2.33. The zero-order chi connectivity index (χ0) is 21.4. The number of alkyl halides is 3. The second kappa shape index (κ2) is 9.77. The number of amides is 2. The summed E-state index contributed by atoms with van der Waals surface area (Å²) in [7, 11) is 0. The lowest BCUT2D eigenvalue weighted by atomic mass is 10.1. The van der Waals surface area contributed by atoms with E-state index in [9.17, 15) is 22.8 Å². The molecular weight excluding hydrogens is 385 g/mol. The number of rotatable bonds is 8. The van der Waals surface area contributed by atoms with E-state index >= 15 is 0 Å². The Kier molecular flexibility index (Phi) is 7.41. The Hall–Kier alpha value is -3.29. The molecule has 2 aromatic rings. The minimum atomic E-state index is -4.61. The maximum atomic E-state index is 13.1. The van der Waals surface area contributed by atoms with E-state index in [0.29, 0.717) is 5.75 Å². The third kappa shape index (κ3) is 5.84. The number of nitrogens with one attached hydrogen (secondary N) is 1. The molecule has 8 heteroatoms. The molecule has 29 heavy (non-hydrogen) atoms. The van der Waals surface area contributed by atoms with E-state index in [1.807, 2.05) is 0 Å². The van der Waals surface area contributed by atoms with Crippen molar-refractivity contribution in [2.24, 2.45) is 0 Å². The minimum Gasteiger partial charge on any atom is -0.489 e. The Morgan fingerprint density at radius 2 is 1.79 bits per heavy atom. The molecule has 0 spiro atoms. The molecule has 2 amide bonds. The molecule has 1 N–H and O–H groups in total. The third-order valence-electron chi connectivity index (χ3n) is 3.98. The standard InChI is InChI=1S/C21H21F3N2O3/c1-3-13-29-18-12-8-5-9-15(18)20(28)26(4-2)14-19(27)25-17-11-7-6-10-16(17)21(22,23)24/h3,5-12H,1,4,13-14H2,2H3,(H,25,27). The van der Waals surface area contributed by atoms with Gasteiger partial charge in [-0.3, -0.25) is 9.59 Å². The Bertz CT molecular complexity index is 881. The van der Waals surface area contributed by atoms with Gasteiger partial charge >= 0.3 is 6.18 Å². The van der Waals surface area contributed by atoms with Gasteiger partial charge < -0.3 is 15.0 Å². The fourth-order valence-corrected chi connectivity index (χ4v) is 2.62. The van der Waals surface area contributed by atoms with Crippen LogP contribution in [0.5, 0.6) is 5.75 Å². The highest BCUT2D eigenvalue weighted by atomic mass is 19.4. The number of benzene rings is 2. The summed E-state index contributed by atoms with van der Waals surface area (Å²) in [6.07, 6.45) is -3.07. The summed E-state index contributed by atoms with van der Waals surface area (Å²) in [4.78, 5) is 26.4. The lowest BCUT2D eigenvalue weighted by Crippen LogP contribution is -2.38. The quantitative estimate of drug-likeness (QED) is 0.663. The molecule has 0 unspecified atom stereocenters. The van der Waals surface area contributed by atoms with Crippen LogP contribution in [0, 0.1) is 0 Å². The summed E-state index contributed by atoms with van der Waals surface area (Å²) in [5, 5.41) is 2.24. The Morgan fingerprint density at radius 3 is 2.45 bits per heavy atom. The van der Waals surface area contributed by atoms with Gasteiger partial charge in [0.2, 0.25) is 5.91 Å². The van der Waals surface area contributed by atoms with E-state index in [1.54, 1.807) is 31.2 Å². The van der Waals surface area contributed by atoms with Crippen LogP contribution >= 0.6 is 0 Å². The molecule has 0 atom stereocenters. The number of hydrogen-bond acceptors (Lipinski definition) is 3. The van der Waals surface area contributed by atoms with E-state index in [1.165, 1.54) is 23.1 Å². The molecule has 2 aromatic carbocycles. The molecule has 5 nitrogen and oxygen atoms in total. The molecule has 0 saturated carbocycles. The van der Waals surface area contributed by atoms with E-state index in [-0.39, 0.29) is 24.4 Å². The monoisotopic (exact) mass is 406 g/mol. The largest absolute Gasteiger partial charge is 0.489 e. The number of nitrogens with zero attached hydrogens (tertiary/aromatic N) is 1. The van der Waals surface area contributed by atoms with Crippen molar-refractivity contribution in [3.8, 4) is 5.75 Å². The van der Waals surface area contributed by atoms with Crippen molar-refractivity contribution < 1.29 is 27.5 Å². The first-order valence-electron chi connectivity index (χ1n) is 8.86. The van der Waals surface area contributed by atoms with Gasteiger partial charge in [0.15, 0.2) is 0 Å². The smallest absolute Gasteiger partial charge is 0.418 e. The van der Waals surface area contributed by atoms with Crippen molar-refractivity contribution in [2.75, 3.05) is 25.0 Å². The summed E-state index contributed by atoms with van der Waals surface area (Å²) in [5.41, 5.74) is -1.06. The first-order chi connectivity index (χ1) is 13.8. The highest BCUT2D eigenvalue weighted by Crippen LogP contribution is 2.34. The SMILES string of the molecule is C=CCOc1ccccc1C(=O)N(CC)CC(=O)Nc1ccccc1C(F)(F)F. The summed E-state index contributed by atoms with van der Waals surface area (Å²) < 4.78 is 44.7. The first kappa shape index (κ1) is 22.0. The van der Waals surface area contributed by atoms with Crippen molar-refractivity contribution in [3.63, 3.8) is 0 Å². The van der Waals surface area contributed by atoms with Crippen LogP contribution in [0.3, 0.4) is 0 Å². The molecule has 0 fully saturated rings. The predicted molar refractivity (Wildman–Crippen MR) is 104 cm³/mol. The van der Waals surface area contributed by atoms with Crippen molar-refractivity contribution in [1.29, 1.82) is 0 Å². The molecule has 2 rings (SSSR count). The fraction of sp³-hybridized carbons (Fsp3) is 0.238.